The average Bonchev–Trinajstić information content (AvgIpc) is 3.35. The molecule has 1 amide bonds. The number of nitrogens with two attached hydrogens (primary N) is 1. The molecule has 1 fully saturated rings. The fourth-order valence-electron chi connectivity index (χ4n) is 6.26. The summed E-state index contributed by atoms with van der Waals surface area (Å²) in [6, 6.07) is 16.8. The smallest absolute Gasteiger partial charge is 0.251 e. The van der Waals surface area contributed by atoms with Gasteiger partial charge in [-0.15, -0.1) is 11.3 Å². The highest BCUT2D eigenvalue weighted by Gasteiger charge is 2.28. The summed E-state index contributed by atoms with van der Waals surface area (Å²) >= 11 is 1.68. The predicted molar refractivity (Wildman–Crippen MR) is 160 cm³/mol. The van der Waals surface area contributed by atoms with Crippen LogP contribution in [0.3, 0.4) is 0 Å². The maximum absolute atomic E-state index is 12.9. The number of amides is 1. The number of nitrogens with one attached hydrogen (secondary N) is 1. The fourth-order valence-corrected chi connectivity index (χ4v) is 7.21. The number of fused-ring (bicyclic) bond motifs is 1. The molecule has 1 heterocycles. The van der Waals surface area contributed by atoms with Gasteiger partial charge >= 0.3 is 0 Å². The second-order valence-corrected chi connectivity index (χ2v) is 12.3. The molecule has 1 atom stereocenters. The van der Waals surface area contributed by atoms with Crippen molar-refractivity contribution >= 4 is 22.4 Å². The van der Waals surface area contributed by atoms with Crippen LogP contribution in [0.5, 0.6) is 5.75 Å². The van der Waals surface area contributed by atoms with Gasteiger partial charge in [-0.3, -0.25) is 4.79 Å². The number of carbonyl (C=O) groups excluding carboxylic acids is 1. The monoisotopic (exact) mass is 546 g/mol. The number of nitrogen functional groups attached to an aromatic ring is 1. The molecule has 0 radical (unpaired) electrons. The summed E-state index contributed by atoms with van der Waals surface area (Å²) in [6.07, 6.45) is 10.3. The van der Waals surface area contributed by atoms with E-state index in [1.54, 1.807) is 18.4 Å². The third-order valence-corrected chi connectivity index (χ3v) is 9.48. The maximum Gasteiger partial charge on any atom is 0.251 e. The highest BCUT2D eigenvalue weighted by Crippen LogP contribution is 2.32. The number of thiazole rings is 1. The lowest BCUT2D eigenvalue weighted by Crippen LogP contribution is -2.41. The maximum atomic E-state index is 12.9. The van der Waals surface area contributed by atoms with Gasteiger partial charge in [0, 0.05) is 22.5 Å². The number of nitrogens with zero attached hydrogens (tertiary/aromatic N) is 2. The van der Waals surface area contributed by atoms with Gasteiger partial charge in [-0.1, -0.05) is 31.2 Å². The molecule has 6 nitrogen and oxygen atoms in total. The van der Waals surface area contributed by atoms with Gasteiger partial charge in [0.15, 0.2) is 5.13 Å². The zero-order chi connectivity index (χ0) is 27.2. The second kappa shape index (κ2) is 13.0. The van der Waals surface area contributed by atoms with E-state index in [2.05, 4.69) is 22.1 Å². The Morgan fingerprint density at radius 3 is 2.38 bits per heavy atom. The van der Waals surface area contributed by atoms with Crippen LogP contribution in [0.4, 0.5) is 5.13 Å². The fraction of sp³-hybridized carbons (Fsp3) is 0.500. The van der Waals surface area contributed by atoms with Crippen LogP contribution in [-0.2, 0) is 12.8 Å². The first-order valence-electron chi connectivity index (χ1n) is 14.6. The zero-order valence-corrected chi connectivity index (χ0v) is 24.1. The quantitative estimate of drug-likeness (QED) is 0.310. The second-order valence-electron chi connectivity index (χ2n) is 11.1. The molecule has 208 valence electrons. The summed E-state index contributed by atoms with van der Waals surface area (Å²) in [5.41, 5.74) is 10.1. The highest BCUT2D eigenvalue weighted by atomic mass is 32.1. The summed E-state index contributed by atoms with van der Waals surface area (Å²) < 4.78 is 5.24. The molecule has 5 rings (SSSR count). The minimum absolute atomic E-state index is 0.0363. The van der Waals surface area contributed by atoms with Crippen molar-refractivity contribution in [2.45, 2.75) is 76.8 Å². The topological polar surface area (TPSA) is 80.5 Å². The number of hydrogen-bond donors (Lipinski definition) is 2. The lowest BCUT2D eigenvalue weighted by molar-refractivity contribution is 0.0918. The largest absolute Gasteiger partial charge is 0.497 e. The van der Waals surface area contributed by atoms with Crippen molar-refractivity contribution in [3.05, 3.63) is 64.7 Å². The summed E-state index contributed by atoms with van der Waals surface area (Å²) in [4.78, 5) is 21.6. The normalized spacial score (nSPS) is 20.9. The van der Waals surface area contributed by atoms with Gasteiger partial charge in [0.2, 0.25) is 0 Å². The van der Waals surface area contributed by atoms with Crippen LogP contribution in [0.2, 0.25) is 0 Å². The van der Waals surface area contributed by atoms with Gasteiger partial charge in [-0.05, 0) is 112 Å². The first kappa shape index (κ1) is 27.7. The summed E-state index contributed by atoms with van der Waals surface area (Å²) in [5.74, 6) is 1.63. The standard InChI is InChI=1S/C32H42N4O2S/c1-3-19-36(27-14-17-29-30(21-27)39-32(33)35-29)20-18-22-4-12-26(13-5-22)34-31(37)25-8-6-23(7-9-25)24-10-15-28(38-2)16-11-24/h6-11,15-16,22,26-27H,3-5,12-14,17-21H2,1-2H3,(H2,33,35)(H,34,37)/t22?,26?,27-/m0/s1. The van der Waals surface area contributed by atoms with Crippen LogP contribution < -0.4 is 15.8 Å². The molecular weight excluding hydrogens is 504 g/mol. The molecule has 2 aliphatic carbocycles. The lowest BCUT2D eigenvalue weighted by Gasteiger charge is -2.36. The van der Waals surface area contributed by atoms with Crippen LogP contribution >= 0.6 is 11.3 Å². The Labute approximate surface area is 237 Å². The number of aryl methyl sites for hydroxylation is 1. The number of aromatic nitrogens is 1. The van der Waals surface area contributed by atoms with E-state index in [1.807, 2.05) is 48.5 Å². The number of methoxy groups -OCH3 is 1. The molecule has 1 aromatic heterocycles. The number of carbonyl (C=O) groups is 1. The van der Waals surface area contributed by atoms with E-state index in [9.17, 15) is 4.79 Å². The van der Waals surface area contributed by atoms with E-state index in [0.717, 1.165) is 65.7 Å². The highest BCUT2D eigenvalue weighted by molar-refractivity contribution is 7.15. The summed E-state index contributed by atoms with van der Waals surface area (Å²) in [7, 11) is 1.67. The van der Waals surface area contributed by atoms with Gasteiger partial charge in [-0.25, -0.2) is 4.98 Å². The molecule has 0 bridgehead atoms. The van der Waals surface area contributed by atoms with Crippen molar-refractivity contribution in [1.82, 2.24) is 15.2 Å². The van der Waals surface area contributed by atoms with E-state index in [4.69, 9.17) is 10.5 Å². The Bertz CT molecular complexity index is 1220. The van der Waals surface area contributed by atoms with Crippen LogP contribution in [0.25, 0.3) is 11.1 Å². The van der Waals surface area contributed by atoms with Crippen molar-refractivity contribution in [3.8, 4) is 16.9 Å². The minimum Gasteiger partial charge on any atom is -0.497 e. The van der Waals surface area contributed by atoms with Crippen LogP contribution in [0.1, 0.15) is 72.8 Å². The number of benzene rings is 2. The zero-order valence-electron chi connectivity index (χ0n) is 23.3. The van der Waals surface area contributed by atoms with Crippen molar-refractivity contribution in [2.75, 3.05) is 25.9 Å². The van der Waals surface area contributed by atoms with E-state index < -0.39 is 0 Å². The number of ether oxygens (including phenoxy) is 1. The third kappa shape index (κ3) is 7.00. The molecule has 0 unspecified atom stereocenters. The molecule has 39 heavy (non-hydrogen) atoms. The van der Waals surface area contributed by atoms with Gasteiger partial charge in [0.25, 0.3) is 5.91 Å². The molecule has 7 heteroatoms. The molecular formula is C32H42N4O2S. The molecule has 2 aliphatic rings. The van der Waals surface area contributed by atoms with Crippen LogP contribution in [0, 0.1) is 5.92 Å². The van der Waals surface area contributed by atoms with Crippen molar-refractivity contribution in [3.63, 3.8) is 0 Å². The SMILES string of the molecule is CCCN(CCC1CCC(NC(=O)c2ccc(-c3ccc(OC)cc3)cc2)CC1)[C@H]1CCc2nc(N)sc2C1. The van der Waals surface area contributed by atoms with Gasteiger partial charge in [0.1, 0.15) is 5.75 Å². The Morgan fingerprint density at radius 2 is 1.72 bits per heavy atom. The Balaban J connectivity index is 1.07. The van der Waals surface area contributed by atoms with Crippen LogP contribution in [-0.4, -0.2) is 48.1 Å². The minimum atomic E-state index is 0.0363. The molecule has 0 saturated heterocycles. The molecule has 0 spiro atoms. The van der Waals surface area contributed by atoms with E-state index >= 15 is 0 Å². The molecule has 3 N–H and O–H groups in total. The Kier molecular flexibility index (Phi) is 9.20. The van der Waals surface area contributed by atoms with Crippen molar-refractivity contribution < 1.29 is 9.53 Å². The number of rotatable bonds is 10. The average molecular weight is 547 g/mol. The summed E-state index contributed by atoms with van der Waals surface area (Å²) in [5, 5.41) is 4.02. The lowest BCUT2D eigenvalue weighted by atomic mass is 9.83. The first-order chi connectivity index (χ1) is 19.0. The molecule has 3 aromatic rings. The molecule has 1 saturated carbocycles. The predicted octanol–water partition coefficient (Wildman–Crippen LogP) is 6.35. The van der Waals surface area contributed by atoms with Gasteiger partial charge in [-0.2, -0.15) is 0 Å². The van der Waals surface area contributed by atoms with Gasteiger partial charge < -0.3 is 20.7 Å². The number of anilines is 1. The molecule has 0 aliphatic heterocycles. The van der Waals surface area contributed by atoms with Crippen LogP contribution in [0.15, 0.2) is 48.5 Å². The van der Waals surface area contributed by atoms with E-state index in [0.29, 0.717) is 6.04 Å². The molecule has 2 aromatic carbocycles. The summed E-state index contributed by atoms with van der Waals surface area (Å²) in [6.45, 7) is 4.62. The number of hydrogen-bond acceptors (Lipinski definition) is 6. The Morgan fingerprint density at radius 1 is 1.03 bits per heavy atom. The van der Waals surface area contributed by atoms with Crippen molar-refractivity contribution in [1.29, 1.82) is 0 Å². The Hall–Kier alpha value is -2.90. The van der Waals surface area contributed by atoms with Gasteiger partial charge in [0.05, 0.1) is 12.8 Å². The van der Waals surface area contributed by atoms with E-state index in [1.165, 1.54) is 49.2 Å². The van der Waals surface area contributed by atoms with E-state index in [-0.39, 0.29) is 11.9 Å². The van der Waals surface area contributed by atoms with Crippen molar-refractivity contribution in [2.24, 2.45) is 5.92 Å². The third-order valence-electron chi connectivity index (χ3n) is 8.53. The first-order valence-corrected chi connectivity index (χ1v) is 15.4.